The fourth-order valence-electron chi connectivity index (χ4n) is 3.15. The van der Waals surface area contributed by atoms with E-state index in [1.165, 1.54) is 42.4 Å². The Bertz CT molecular complexity index is 1070. The van der Waals surface area contributed by atoms with Crippen LogP contribution < -0.4 is 5.32 Å². The lowest BCUT2D eigenvalue weighted by Gasteiger charge is -2.16. The van der Waals surface area contributed by atoms with Gasteiger partial charge in [-0.15, -0.1) is 0 Å². The van der Waals surface area contributed by atoms with E-state index >= 15 is 0 Å². The second kappa shape index (κ2) is 9.40. The van der Waals surface area contributed by atoms with Crippen molar-refractivity contribution in [1.82, 2.24) is 4.31 Å². The highest BCUT2D eigenvalue weighted by Gasteiger charge is 2.27. The zero-order valence-corrected chi connectivity index (χ0v) is 18.1. The van der Waals surface area contributed by atoms with Gasteiger partial charge in [-0.1, -0.05) is 0 Å². The van der Waals surface area contributed by atoms with E-state index in [1.807, 2.05) is 0 Å². The lowest BCUT2D eigenvalue weighted by atomic mass is 10.1. The van der Waals surface area contributed by atoms with Crippen LogP contribution in [0.2, 0.25) is 0 Å². The van der Waals surface area contributed by atoms with E-state index in [0.29, 0.717) is 24.3 Å². The first kappa shape index (κ1) is 22.6. The Morgan fingerprint density at radius 1 is 0.935 bits per heavy atom. The number of carbonyl (C=O) groups excluding carboxylic acids is 3. The van der Waals surface area contributed by atoms with Crippen LogP contribution in [-0.4, -0.2) is 49.6 Å². The van der Waals surface area contributed by atoms with Gasteiger partial charge in [0.25, 0.3) is 5.91 Å². The third-order valence-electron chi connectivity index (χ3n) is 5.00. The third-order valence-corrected chi connectivity index (χ3v) is 6.92. The van der Waals surface area contributed by atoms with Gasteiger partial charge in [0.1, 0.15) is 0 Å². The van der Waals surface area contributed by atoms with Gasteiger partial charge in [-0.25, -0.2) is 13.2 Å². The smallest absolute Gasteiger partial charge is 0.338 e. The molecule has 2 aromatic carbocycles. The van der Waals surface area contributed by atoms with E-state index in [9.17, 15) is 22.8 Å². The number of hydrogen-bond acceptors (Lipinski definition) is 6. The number of nitrogens with zero attached hydrogens (tertiary/aromatic N) is 1. The fourth-order valence-corrected chi connectivity index (χ4v) is 4.67. The Morgan fingerprint density at radius 3 is 2.03 bits per heavy atom. The van der Waals surface area contributed by atoms with Crippen molar-refractivity contribution < 1.29 is 27.5 Å². The summed E-state index contributed by atoms with van der Waals surface area (Å²) in [7, 11) is -3.56. The molecule has 0 bridgehead atoms. The molecule has 1 heterocycles. The number of amides is 1. The maximum Gasteiger partial charge on any atom is 0.338 e. The Hall–Kier alpha value is -3.04. The Morgan fingerprint density at radius 2 is 1.48 bits per heavy atom. The average molecular weight is 445 g/mol. The molecule has 1 aliphatic rings. The van der Waals surface area contributed by atoms with Gasteiger partial charge in [-0.05, 0) is 75.2 Å². The van der Waals surface area contributed by atoms with E-state index in [-0.39, 0.29) is 16.2 Å². The van der Waals surface area contributed by atoms with Crippen molar-refractivity contribution in [2.45, 2.75) is 37.7 Å². The molecular formula is C22H24N2O6S. The monoisotopic (exact) mass is 444 g/mol. The first-order valence-corrected chi connectivity index (χ1v) is 11.4. The number of esters is 1. The Labute approximate surface area is 181 Å². The standard InChI is InChI=1S/C22H24N2O6S/c1-15(25)17-5-9-19(10-6-17)23-21(26)16(2)30-22(27)18-7-11-20(12-8-18)31(28,29)24-13-3-4-14-24/h5-12,16H,3-4,13-14H2,1-2H3,(H,23,26). The number of ketones is 1. The predicted octanol–water partition coefficient (Wildman–Crippen LogP) is 2.86. The van der Waals surface area contributed by atoms with Gasteiger partial charge in [0.15, 0.2) is 11.9 Å². The molecule has 0 aromatic heterocycles. The SMILES string of the molecule is CC(=O)c1ccc(NC(=O)C(C)OC(=O)c2ccc(S(=O)(=O)N3CCCC3)cc2)cc1. The summed E-state index contributed by atoms with van der Waals surface area (Å²) in [5.74, 6) is -1.35. The quantitative estimate of drug-likeness (QED) is 0.519. The molecule has 1 aliphatic heterocycles. The molecule has 0 radical (unpaired) electrons. The maximum absolute atomic E-state index is 12.6. The van der Waals surface area contributed by atoms with E-state index in [1.54, 1.807) is 24.3 Å². The molecule has 0 saturated carbocycles. The highest BCUT2D eigenvalue weighted by Crippen LogP contribution is 2.21. The highest BCUT2D eigenvalue weighted by molar-refractivity contribution is 7.89. The number of hydrogen-bond donors (Lipinski definition) is 1. The molecule has 8 nitrogen and oxygen atoms in total. The molecule has 2 aromatic rings. The summed E-state index contributed by atoms with van der Waals surface area (Å²) >= 11 is 0. The number of Topliss-reactive ketones (excluding diaryl/α,β-unsaturated/α-hetero) is 1. The summed E-state index contributed by atoms with van der Waals surface area (Å²) in [4.78, 5) is 36.1. The molecule has 1 unspecified atom stereocenters. The van der Waals surface area contributed by atoms with Crippen molar-refractivity contribution >= 4 is 33.4 Å². The summed E-state index contributed by atoms with van der Waals surface area (Å²) in [6.07, 6.45) is 0.600. The summed E-state index contributed by atoms with van der Waals surface area (Å²) in [5, 5.41) is 2.61. The van der Waals surface area contributed by atoms with Crippen LogP contribution in [0.5, 0.6) is 0 Å². The molecule has 1 N–H and O–H groups in total. The van der Waals surface area contributed by atoms with Gasteiger partial charge in [0.2, 0.25) is 10.0 Å². The van der Waals surface area contributed by atoms with E-state index in [2.05, 4.69) is 5.32 Å². The zero-order valence-electron chi connectivity index (χ0n) is 17.3. The number of rotatable bonds is 7. The van der Waals surface area contributed by atoms with Crippen molar-refractivity contribution in [2.24, 2.45) is 0 Å². The van der Waals surface area contributed by atoms with Crippen LogP contribution in [0.1, 0.15) is 47.4 Å². The molecule has 0 spiro atoms. The summed E-state index contributed by atoms with van der Waals surface area (Å²) < 4.78 is 31.7. The van der Waals surface area contributed by atoms with Crippen LogP contribution in [0.4, 0.5) is 5.69 Å². The fraction of sp³-hybridized carbons (Fsp3) is 0.318. The van der Waals surface area contributed by atoms with E-state index in [0.717, 1.165) is 12.8 Å². The topological polar surface area (TPSA) is 110 Å². The van der Waals surface area contributed by atoms with Crippen LogP contribution in [-0.2, 0) is 19.6 Å². The summed E-state index contributed by atoms with van der Waals surface area (Å²) in [6.45, 7) is 3.87. The minimum Gasteiger partial charge on any atom is -0.449 e. The first-order valence-electron chi connectivity index (χ1n) is 9.91. The maximum atomic E-state index is 12.6. The zero-order chi connectivity index (χ0) is 22.6. The summed E-state index contributed by atoms with van der Waals surface area (Å²) in [6, 6.07) is 11.8. The highest BCUT2D eigenvalue weighted by atomic mass is 32.2. The van der Waals surface area contributed by atoms with Crippen LogP contribution in [0, 0.1) is 0 Å². The van der Waals surface area contributed by atoms with Gasteiger partial charge in [-0.2, -0.15) is 4.31 Å². The Kier molecular flexibility index (Phi) is 6.87. The van der Waals surface area contributed by atoms with Gasteiger partial charge >= 0.3 is 5.97 Å². The molecule has 3 rings (SSSR count). The molecule has 1 amide bonds. The van der Waals surface area contributed by atoms with Crippen LogP contribution >= 0.6 is 0 Å². The molecule has 1 atom stereocenters. The van der Waals surface area contributed by atoms with Crippen molar-refractivity contribution in [3.63, 3.8) is 0 Å². The van der Waals surface area contributed by atoms with Gasteiger partial charge in [0, 0.05) is 24.3 Å². The van der Waals surface area contributed by atoms with Crippen molar-refractivity contribution in [3.05, 3.63) is 59.7 Å². The molecule has 9 heteroatoms. The molecule has 164 valence electrons. The molecule has 1 fully saturated rings. The minimum atomic E-state index is -3.56. The molecule has 1 saturated heterocycles. The van der Waals surface area contributed by atoms with Crippen LogP contribution in [0.25, 0.3) is 0 Å². The lowest BCUT2D eigenvalue weighted by molar-refractivity contribution is -0.123. The van der Waals surface area contributed by atoms with Gasteiger partial charge in [0.05, 0.1) is 10.5 Å². The average Bonchev–Trinajstić information content (AvgIpc) is 3.30. The van der Waals surface area contributed by atoms with Crippen LogP contribution in [0.15, 0.2) is 53.4 Å². The number of anilines is 1. The number of nitrogens with one attached hydrogen (secondary N) is 1. The van der Waals surface area contributed by atoms with Crippen molar-refractivity contribution in [3.8, 4) is 0 Å². The molecule has 0 aliphatic carbocycles. The summed E-state index contributed by atoms with van der Waals surface area (Å²) in [5.41, 5.74) is 1.13. The van der Waals surface area contributed by atoms with Crippen molar-refractivity contribution in [2.75, 3.05) is 18.4 Å². The number of carbonyl (C=O) groups is 3. The minimum absolute atomic E-state index is 0.0839. The number of ether oxygens (including phenoxy) is 1. The van der Waals surface area contributed by atoms with E-state index in [4.69, 9.17) is 4.74 Å². The lowest BCUT2D eigenvalue weighted by Crippen LogP contribution is -2.30. The van der Waals surface area contributed by atoms with Crippen LogP contribution in [0.3, 0.4) is 0 Å². The normalized spacial score (nSPS) is 15.3. The van der Waals surface area contributed by atoms with Crippen molar-refractivity contribution in [1.29, 1.82) is 0 Å². The van der Waals surface area contributed by atoms with Gasteiger partial charge < -0.3 is 10.1 Å². The van der Waals surface area contributed by atoms with Gasteiger partial charge in [-0.3, -0.25) is 9.59 Å². The first-order chi connectivity index (χ1) is 14.7. The third kappa shape index (κ3) is 5.36. The predicted molar refractivity (Wildman–Crippen MR) is 114 cm³/mol. The van der Waals surface area contributed by atoms with E-state index < -0.39 is 28.0 Å². The second-order valence-corrected chi connectivity index (χ2v) is 9.24. The molecular weight excluding hydrogens is 420 g/mol. The molecule has 31 heavy (non-hydrogen) atoms. The number of sulfonamides is 1. The largest absolute Gasteiger partial charge is 0.449 e. The Balaban J connectivity index is 1.59. The number of benzene rings is 2. The second-order valence-electron chi connectivity index (χ2n) is 7.31.